The number of urea groups is 1. The van der Waals surface area contributed by atoms with Crippen molar-refractivity contribution in [2.24, 2.45) is 0 Å². The topological polar surface area (TPSA) is 72.5 Å². The Morgan fingerprint density at radius 2 is 2.53 bits per heavy atom. The number of rotatable bonds is 5. The van der Waals surface area contributed by atoms with Crippen LogP contribution in [0.4, 0.5) is 10.5 Å². The lowest BCUT2D eigenvalue weighted by atomic mass is 10.2. The first-order chi connectivity index (χ1) is 9.29. The van der Waals surface area contributed by atoms with Crippen molar-refractivity contribution < 1.29 is 14.3 Å². The molecule has 0 aromatic carbocycles. The van der Waals surface area contributed by atoms with E-state index in [1.807, 2.05) is 6.92 Å². The monoisotopic (exact) mass is 265 g/mol. The highest BCUT2D eigenvalue weighted by atomic mass is 16.5. The zero-order valence-electron chi connectivity index (χ0n) is 11.0. The van der Waals surface area contributed by atoms with Crippen molar-refractivity contribution in [1.29, 1.82) is 0 Å². The van der Waals surface area contributed by atoms with Gasteiger partial charge in [0.1, 0.15) is 5.69 Å². The van der Waals surface area contributed by atoms with E-state index in [4.69, 9.17) is 9.47 Å². The first-order valence-corrected chi connectivity index (χ1v) is 6.54. The van der Waals surface area contributed by atoms with Crippen molar-refractivity contribution in [2.45, 2.75) is 25.9 Å². The van der Waals surface area contributed by atoms with Gasteiger partial charge in [-0.25, -0.2) is 9.78 Å². The molecule has 0 aliphatic carbocycles. The number of nitrogens with one attached hydrogen (secondary N) is 2. The minimum atomic E-state index is -0.274. The van der Waals surface area contributed by atoms with Gasteiger partial charge in [-0.3, -0.25) is 0 Å². The molecule has 0 spiro atoms. The molecule has 2 rings (SSSR count). The van der Waals surface area contributed by atoms with Crippen LogP contribution in [0.25, 0.3) is 0 Å². The molecule has 0 bridgehead atoms. The molecule has 2 heterocycles. The van der Waals surface area contributed by atoms with Crippen molar-refractivity contribution in [2.75, 3.05) is 25.1 Å². The Morgan fingerprint density at radius 3 is 3.26 bits per heavy atom. The minimum Gasteiger partial charge on any atom is -0.476 e. The quantitative estimate of drug-likeness (QED) is 0.851. The van der Waals surface area contributed by atoms with Crippen LogP contribution in [-0.4, -0.2) is 36.9 Å². The van der Waals surface area contributed by atoms with Gasteiger partial charge in [0.05, 0.1) is 12.7 Å². The number of carbonyl (C=O) groups excluding carboxylic acids is 1. The Morgan fingerprint density at radius 1 is 1.63 bits per heavy atom. The van der Waals surface area contributed by atoms with Crippen LogP contribution in [0.3, 0.4) is 0 Å². The fourth-order valence-electron chi connectivity index (χ4n) is 1.92. The first kappa shape index (κ1) is 13.6. The summed E-state index contributed by atoms with van der Waals surface area (Å²) >= 11 is 0. The molecule has 104 valence electrons. The number of anilines is 1. The molecule has 0 saturated carbocycles. The van der Waals surface area contributed by atoms with E-state index in [2.05, 4.69) is 15.6 Å². The summed E-state index contributed by atoms with van der Waals surface area (Å²) < 4.78 is 10.8. The van der Waals surface area contributed by atoms with Crippen LogP contribution in [-0.2, 0) is 4.74 Å². The Labute approximate surface area is 112 Å². The second-order valence-corrected chi connectivity index (χ2v) is 4.26. The lowest BCUT2D eigenvalue weighted by molar-refractivity contribution is 0.112. The summed E-state index contributed by atoms with van der Waals surface area (Å²) in [6.45, 7) is 3.68. The van der Waals surface area contributed by atoms with Crippen LogP contribution >= 0.6 is 0 Å². The molecule has 1 aromatic rings. The molecular formula is C13H19N3O3. The standard InChI is InChI=1S/C13H19N3O3/c1-2-18-12-11(6-3-7-14-12)16-13(17)15-9-10-5-4-8-19-10/h3,6-7,10H,2,4-5,8-9H2,1H3,(H2,15,16,17)/t10-/m0/s1. The van der Waals surface area contributed by atoms with Crippen LogP contribution in [0.5, 0.6) is 5.88 Å². The van der Waals surface area contributed by atoms with Gasteiger partial charge in [0.2, 0.25) is 5.88 Å². The highest BCUT2D eigenvalue weighted by Gasteiger charge is 2.16. The van der Waals surface area contributed by atoms with E-state index < -0.39 is 0 Å². The Balaban J connectivity index is 1.83. The maximum atomic E-state index is 11.8. The number of nitrogens with zero attached hydrogens (tertiary/aromatic N) is 1. The summed E-state index contributed by atoms with van der Waals surface area (Å²) in [7, 11) is 0. The van der Waals surface area contributed by atoms with Gasteiger partial charge in [0.15, 0.2) is 0 Å². The molecule has 1 fully saturated rings. The fourth-order valence-corrected chi connectivity index (χ4v) is 1.92. The molecule has 1 aliphatic heterocycles. The lowest BCUT2D eigenvalue weighted by Gasteiger charge is -2.13. The molecule has 19 heavy (non-hydrogen) atoms. The number of carbonyl (C=O) groups is 1. The number of aromatic nitrogens is 1. The number of hydrogen-bond acceptors (Lipinski definition) is 4. The van der Waals surface area contributed by atoms with Gasteiger partial charge in [-0.05, 0) is 31.9 Å². The van der Waals surface area contributed by atoms with Crippen LogP contribution < -0.4 is 15.4 Å². The molecule has 0 unspecified atom stereocenters. The van der Waals surface area contributed by atoms with E-state index in [1.54, 1.807) is 18.3 Å². The van der Waals surface area contributed by atoms with E-state index >= 15 is 0 Å². The maximum Gasteiger partial charge on any atom is 0.319 e. The number of pyridine rings is 1. The second-order valence-electron chi connectivity index (χ2n) is 4.26. The van der Waals surface area contributed by atoms with Crippen molar-refractivity contribution in [3.63, 3.8) is 0 Å². The molecule has 2 N–H and O–H groups in total. The SMILES string of the molecule is CCOc1ncccc1NC(=O)NC[C@@H]1CCCO1. The third-order valence-electron chi connectivity index (χ3n) is 2.81. The summed E-state index contributed by atoms with van der Waals surface area (Å²) in [5, 5.41) is 5.51. The van der Waals surface area contributed by atoms with Gasteiger partial charge in [0.25, 0.3) is 0 Å². The Kier molecular flexibility index (Phi) is 4.97. The van der Waals surface area contributed by atoms with Gasteiger partial charge in [0, 0.05) is 19.3 Å². The van der Waals surface area contributed by atoms with Gasteiger partial charge in [-0.1, -0.05) is 0 Å². The lowest BCUT2D eigenvalue weighted by Crippen LogP contribution is -2.35. The van der Waals surface area contributed by atoms with Crippen LogP contribution in [0.15, 0.2) is 18.3 Å². The molecule has 1 saturated heterocycles. The normalized spacial score (nSPS) is 18.1. The summed E-state index contributed by atoms with van der Waals surface area (Å²) in [6.07, 6.45) is 3.81. The fraction of sp³-hybridized carbons (Fsp3) is 0.538. The van der Waals surface area contributed by atoms with Crippen molar-refractivity contribution >= 4 is 11.7 Å². The largest absolute Gasteiger partial charge is 0.476 e. The van der Waals surface area contributed by atoms with E-state index in [1.165, 1.54) is 0 Å². The van der Waals surface area contributed by atoms with Crippen molar-refractivity contribution in [3.05, 3.63) is 18.3 Å². The highest BCUT2D eigenvalue weighted by Crippen LogP contribution is 2.20. The van der Waals surface area contributed by atoms with Crippen LogP contribution in [0.2, 0.25) is 0 Å². The van der Waals surface area contributed by atoms with E-state index in [-0.39, 0.29) is 12.1 Å². The second kappa shape index (κ2) is 6.94. The smallest absolute Gasteiger partial charge is 0.319 e. The third-order valence-corrected chi connectivity index (χ3v) is 2.81. The molecule has 6 heteroatoms. The molecule has 1 atom stereocenters. The van der Waals surface area contributed by atoms with Crippen molar-refractivity contribution in [1.82, 2.24) is 10.3 Å². The first-order valence-electron chi connectivity index (χ1n) is 6.54. The predicted molar refractivity (Wildman–Crippen MR) is 71.4 cm³/mol. The van der Waals surface area contributed by atoms with Crippen LogP contribution in [0, 0.1) is 0 Å². The van der Waals surface area contributed by atoms with Gasteiger partial charge >= 0.3 is 6.03 Å². The minimum absolute atomic E-state index is 0.131. The molecule has 2 amide bonds. The molecule has 1 aromatic heterocycles. The Hall–Kier alpha value is -1.82. The van der Waals surface area contributed by atoms with Gasteiger partial charge in [-0.2, -0.15) is 0 Å². The zero-order valence-corrected chi connectivity index (χ0v) is 11.0. The summed E-state index contributed by atoms with van der Waals surface area (Å²) in [4.78, 5) is 15.8. The zero-order chi connectivity index (χ0) is 13.5. The van der Waals surface area contributed by atoms with Crippen LogP contribution in [0.1, 0.15) is 19.8 Å². The van der Waals surface area contributed by atoms with Gasteiger partial charge < -0.3 is 20.1 Å². The number of ether oxygens (including phenoxy) is 2. The van der Waals surface area contributed by atoms with Gasteiger partial charge in [-0.15, -0.1) is 0 Å². The summed E-state index contributed by atoms with van der Waals surface area (Å²) in [5.74, 6) is 0.428. The van der Waals surface area contributed by atoms with E-state index in [0.29, 0.717) is 24.7 Å². The maximum absolute atomic E-state index is 11.8. The summed E-state index contributed by atoms with van der Waals surface area (Å²) in [5.41, 5.74) is 0.564. The van der Waals surface area contributed by atoms with Crippen molar-refractivity contribution in [3.8, 4) is 5.88 Å². The average molecular weight is 265 g/mol. The summed E-state index contributed by atoms with van der Waals surface area (Å²) in [6, 6.07) is 3.23. The number of amides is 2. The van der Waals surface area contributed by atoms with E-state index in [9.17, 15) is 4.79 Å². The number of hydrogen-bond donors (Lipinski definition) is 2. The molecule has 6 nitrogen and oxygen atoms in total. The Bertz CT molecular complexity index is 419. The molecule has 0 radical (unpaired) electrons. The predicted octanol–water partition coefficient (Wildman–Crippen LogP) is 1.78. The highest BCUT2D eigenvalue weighted by molar-refractivity contribution is 5.90. The molecular weight excluding hydrogens is 246 g/mol. The van der Waals surface area contributed by atoms with E-state index in [0.717, 1.165) is 19.4 Å². The third kappa shape index (κ3) is 4.10. The molecule has 1 aliphatic rings. The average Bonchev–Trinajstić information content (AvgIpc) is 2.92.